The van der Waals surface area contributed by atoms with Crippen molar-refractivity contribution in [2.24, 2.45) is 0 Å². The van der Waals surface area contributed by atoms with Crippen LogP contribution < -0.4 is 4.74 Å². The van der Waals surface area contributed by atoms with Gasteiger partial charge in [-0.3, -0.25) is 0 Å². The number of hydrogen-bond acceptors (Lipinski definition) is 3. The summed E-state index contributed by atoms with van der Waals surface area (Å²) in [5.74, 6) is -2.18. The standard InChI is InChI=1S/C13H14O5/c1-3-5-18-11-8(4-2)6-9(12(14)15)7-10(11)13(16)17/h3,6-7H,1,4-5H2,2H3,(H,14,15)(H,16,17). The van der Waals surface area contributed by atoms with E-state index in [-0.39, 0.29) is 23.5 Å². The van der Waals surface area contributed by atoms with Crippen LogP contribution in [0.1, 0.15) is 33.2 Å². The smallest absolute Gasteiger partial charge is 0.339 e. The Hall–Kier alpha value is -2.30. The summed E-state index contributed by atoms with van der Waals surface area (Å²) in [5.41, 5.74) is 0.345. The van der Waals surface area contributed by atoms with E-state index in [0.717, 1.165) is 6.07 Å². The molecule has 0 unspecified atom stereocenters. The first-order valence-corrected chi connectivity index (χ1v) is 5.38. The van der Waals surface area contributed by atoms with E-state index < -0.39 is 11.9 Å². The molecule has 0 bridgehead atoms. The summed E-state index contributed by atoms with van der Waals surface area (Å²) >= 11 is 0. The maximum Gasteiger partial charge on any atom is 0.339 e. The third-order valence-corrected chi connectivity index (χ3v) is 2.37. The van der Waals surface area contributed by atoms with Gasteiger partial charge in [-0.25, -0.2) is 9.59 Å². The summed E-state index contributed by atoms with van der Waals surface area (Å²) in [7, 11) is 0. The van der Waals surface area contributed by atoms with Crippen LogP contribution in [0.4, 0.5) is 0 Å². The number of carboxylic acid groups (broad SMARTS) is 2. The van der Waals surface area contributed by atoms with Crippen molar-refractivity contribution in [3.05, 3.63) is 41.5 Å². The lowest BCUT2D eigenvalue weighted by atomic mass is 10.0. The lowest BCUT2D eigenvalue weighted by Gasteiger charge is -2.13. The molecule has 1 rings (SSSR count). The number of hydrogen-bond donors (Lipinski definition) is 2. The van der Waals surface area contributed by atoms with Crippen molar-refractivity contribution in [3.8, 4) is 5.75 Å². The molecule has 0 heterocycles. The van der Waals surface area contributed by atoms with Crippen molar-refractivity contribution in [3.63, 3.8) is 0 Å². The first-order valence-electron chi connectivity index (χ1n) is 5.38. The lowest BCUT2D eigenvalue weighted by Crippen LogP contribution is -2.09. The molecule has 0 radical (unpaired) electrons. The molecule has 0 spiro atoms. The predicted molar refractivity (Wildman–Crippen MR) is 65.4 cm³/mol. The van der Waals surface area contributed by atoms with Crippen molar-refractivity contribution in [1.29, 1.82) is 0 Å². The lowest BCUT2D eigenvalue weighted by molar-refractivity contribution is 0.0692. The highest BCUT2D eigenvalue weighted by Gasteiger charge is 2.19. The number of carboxylic acids is 2. The molecular weight excluding hydrogens is 236 g/mol. The van der Waals surface area contributed by atoms with Crippen LogP contribution >= 0.6 is 0 Å². The van der Waals surface area contributed by atoms with Crippen molar-refractivity contribution in [2.75, 3.05) is 6.61 Å². The number of carbonyl (C=O) groups is 2. The fraction of sp³-hybridized carbons (Fsp3) is 0.231. The maximum atomic E-state index is 11.1. The van der Waals surface area contributed by atoms with Crippen molar-refractivity contribution in [1.82, 2.24) is 0 Å². The van der Waals surface area contributed by atoms with Gasteiger partial charge in [-0.15, -0.1) is 0 Å². The average Bonchev–Trinajstić information content (AvgIpc) is 2.34. The Bertz CT molecular complexity index is 490. The van der Waals surface area contributed by atoms with Gasteiger partial charge in [0.15, 0.2) is 0 Å². The molecule has 5 nitrogen and oxygen atoms in total. The molecule has 96 valence electrons. The second-order valence-electron chi connectivity index (χ2n) is 3.58. The van der Waals surface area contributed by atoms with Crippen molar-refractivity contribution >= 4 is 11.9 Å². The highest BCUT2D eigenvalue weighted by atomic mass is 16.5. The normalized spacial score (nSPS) is 9.83. The minimum atomic E-state index is -1.22. The van der Waals surface area contributed by atoms with E-state index in [0.29, 0.717) is 12.0 Å². The van der Waals surface area contributed by atoms with E-state index in [1.54, 1.807) is 6.92 Å². The molecule has 0 aliphatic heterocycles. The van der Waals surface area contributed by atoms with Gasteiger partial charge in [0.2, 0.25) is 0 Å². The first-order chi connectivity index (χ1) is 8.51. The third-order valence-electron chi connectivity index (χ3n) is 2.37. The van der Waals surface area contributed by atoms with Crippen LogP contribution in [-0.2, 0) is 6.42 Å². The fourth-order valence-electron chi connectivity index (χ4n) is 1.55. The van der Waals surface area contributed by atoms with Gasteiger partial charge in [0.25, 0.3) is 0 Å². The predicted octanol–water partition coefficient (Wildman–Crippen LogP) is 2.21. The van der Waals surface area contributed by atoms with Crippen LogP contribution in [0.2, 0.25) is 0 Å². The number of ether oxygens (including phenoxy) is 1. The molecule has 1 aromatic carbocycles. The van der Waals surface area contributed by atoms with Crippen LogP contribution in [0.3, 0.4) is 0 Å². The van der Waals surface area contributed by atoms with E-state index in [2.05, 4.69) is 6.58 Å². The summed E-state index contributed by atoms with van der Waals surface area (Å²) in [6.45, 7) is 5.45. The van der Waals surface area contributed by atoms with Gasteiger partial charge < -0.3 is 14.9 Å². The molecule has 0 aliphatic rings. The molecule has 0 saturated heterocycles. The summed E-state index contributed by atoms with van der Waals surface area (Å²) in [5, 5.41) is 18.0. The molecule has 0 atom stereocenters. The zero-order valence-corrected chi connectivity index (χ0v) is 9.97. The second kappa shape index (κ2) is 5.86. The Morgan fingerprint density at radius 2 is 2.00 bits per heavy atom. The highest BCUT2D eigenvalue weighted by Crippen LogP contribution is 2.27. The summed E-state index contributed by atoms with van der Waals surface area (Å²) in [6.07, 6.45) is 1.98. The largest absolute Gasteiger partial charge is 0.488 e. The van der Waals surface area contributed by atoms with Crippen LogP contribution in [0.5, 0.6) is 5.75 Å². The number of aryl methyl sites for hydroxylation is 1. The minimum absolute atomic E-state index is 0.0600. The summed E-state index contributed by atoms with van der Waals surface area (Å²) < 4.78 is 5.31. The topological polar surface area (TPSA) is 83.8 Å². The van der Waals surface area contributed by atoms with Crippen LogP contribution in [-0.4, -0.2) is 28.8 Å². The summed E-state index contributed by atoms with van der Waals surface area (Å²) in [6, 6.07) is 2.52. The SMILES string of the molecule is C=CCOc1c(CC)cc(C(=O)O)cc1C(=O)O. The molecule has 2 N–H and O–H groups in total. The molecule has 0 fully saturated rings. The minimum Gasteiger partial charge on any atom is -0.488 e. The van der Waals surface area contributed by atoms with E-state index in [4.69, 9.17) is 14.9 Å². The van der Waals surface area contributed by atoms with E-state index in [1.165, 1.54) is 12.1 Å². The van der Waals surface area contributed by atoms with Gasteiger partial charge in [0, 0.05) is 0 Å². The summed E-state index contributed by atoms with van der Waals surface area (Å²) in [4.78, 5) is 22.0. The Balaban J connectivity index is 3.40. The highest BCUT2D eigenvalue weighted by molar-refractivity contribution is 5.96. The Labute approximate surface area is 104 Å². The molecule has 0 aromatic heterocycles. The Morgan fingerprint density at radius 1 is 1.33 bits per heavy atom. The molecule has 0 aliphatic carbocycles. The molecular formula is C13H14O5. The molecule has 1 aromatic rings. The number of rotatable bonds is 6. The zero-order chi connectivity index (χ0) is 13.7. The molecule has 5 heteroatoms. The van der Waals surface area contributed by atoms with Gasteiger partial charge in [-0.2, -0.15) is 0 Å². The fourth-order valence-corrected chi connectivity index (χ4v) is 1.55. The van der Waals surface area contributed by atoms with E-state index in [1.807, 2.05) is 0 Å². The van der Waals surface area contributed by atoms with Gasteiger partial charge in [-0.05, 0) is 24.1 Å². The van der Waals surface area contributed by atoms with Gasteiger partial charge >= 0.3 is 11.9 Å². The zero-order valence-electron chi connectivity index (χ0n) is 9.97. The van der Waals surface area contributed by atoms with Gasteiger partial charge in [0.1, 0.15) is 17.9 Å². The number of aromatic carboxylic acids is 2. The maximum absolute atomic E-state index is 11.1. The Kier molecular flexibility index (Phi) is 4.48. The van der Waals surface area contributed by atoms with Crippen LogP contribution in [0, 0.1) is 0 Å². The van der Waals surface area contributed by atoms with Crippen molar-refractivity contribution < 1.29 is 24.5 Å². The van der Waals surface area contributed by atoms with Gasteiger partial charge in [0.05, 0.1) is 5.56 Å². The Morgan fingerprint density at radius 3 is 2.44 bits per heavy atom. The monoisotopic (exact) mass is 250 g/mol. The van der Waals surface area contributed by atoms with Gasteiger partial charge in [-0.1, -0.05) is 19.6 Å². The molecule has 0 saturated carbocycles. The second-order valence-corrected chi connectivity index (χ2v) is 3.58. The molecule has 18 heavy (non-hydrogen) atoms. The van der Waals surface area contributed by atoms with E-state index >= 15 is 0 Å². The van der Waals surface area contributed by atoms with Crippen LogP contribution in [0.15, 0.2) is 24.8 Å². The van der Waals surface area contributed by atoms with E-state index in [9.17, 15) is 9.59 Å². The first kappa shape index (κ1) is 13.8. The quantitative estimate of drug-likeness (QED) is 0.756. The van der Waals surface area contributed by atoms with Crippen molar-refractivity contribution in [2.45, 2.75) is 13.3 Å². The average molecular weight is 250 g/mol. The third kappa shape index (κ3) is 2.88. The number of benzene rings is 1. The van der Waals surface area contributed by atoms with Crippen LogP contribution in [0.25, 0.3) is 0 Å². The molecule has 0 amide bonds.